The topological polar surface area (TPSA) is 38.0 Å². The van der Waals surface area contributed by atoms with Crippen LogP contribution in [0.25, 0.3) is 0 Å². The first-order valence-corrected chi connectivity index (χ1v) is 5.79. The van der Waals surface area contributed by atoms with Crippen LogP contribution in [0.2, 0.25) is 5.02 Å². The number of nitrogens with one attached hydrogen (secondary N) is 1. The first-order valence-electron chi connectivity index (χ1n) is 4.02. The summed E-state index contributed by atoms with van der Waals surface area (Å²) >= 11 is 7.57. The normalized spacial score (nSPS) is 10.0. The van der Waals surface area contributed by atoms with Crippen molar-refractivity contribution in [1.82, 2.24) is 0 Å². The van der Waals surface area contributed by atoms with Gasteiger partial charge < -0.3 is 11.1 Å². The highest BCUT2D eigenvalue weighted by molar-refractivity contribution is 7.98. The highest BCUT2D eigenvalue weighted by atomic mass is 35.5. The van der Waals surface area contributed by atoms with Crippen molar-refractivity contribution in [3.63, 3.8) is 0 Å². The monoisotopic (exact) mass is 216 g/mol. The summed E-state index contributed by atoms with van der Waals surface area (Å²) in [6.45, 7) is 0.924. The Balaban J connectivity index is 2.56. The minimum atomic E-state index is 0.674. The smallest absolute Gasteiger partial charge is 0.0575 e. The number of nitrogens with two attached hydrogens (primary N) is 1. The summed E-state index contributed by atoms with van der Waals surface area (Å²) in [6.07, 6.45) is 2.08. The molecule has 0 saturated heterocycles. The lowest BCUT2D eigenvalue weighted by atomic mass is 10.3. The van der Waals surface area contributed by atoms with E-state index in [1.807, 2.05) is 12.1 Å². The van der Waals surface area contributed by atoms with Gasteiger partial charge in [-0.1, -0.05) is 11.6 Å². The van der Waals surface area contributed by atoms with E-state index in [1.54, 1.807) is 17.8 Å². The van der Waals surface area contributed by atoms with E-state index >= 15 is 0 Å². The Labute approximate surface area is 87.8 Å². The first kappa shape index (κ1) is 10.5. The molecule has 1 aromatic carbocycles. The molecule has 3 N–H and O–H groups in total. The molecule has 72 valence electrons. The molecule has 13 heavy (non-hydrogen) atoms. The molecule has 0 amide bonds. The molecule has 1 rings (SSSR count). The zero-order chi connectivity index (χ0) is 9.68. The fraction of sp³-hybridized carbons (Fsp3) is 0.333. The molecule has 0 atom stereocenters. The molecule has 0 unspecified atom stereocenters. The average molecular weight is 217 g/mol. The van der Waals surface area contributed by atoms with Crippen LogP contribution in [0.15, 0.2) is 18.2 Å². The zero-order valence-electron chi connectivity index (χ0n) is 7.51. The van der Waals surface area contributed by atoms with Gasteiger partial charge in [-0.2, -0.15) is 11.8 Å². The van der Waals surface area contributed by atoms with Gasteiger partial charge in [-0.25, -0.2) is 0 Å². The largest absolute Gasteiger partial charge is 0.397 e. The molecule has 1 aromatic rings. The maximum atomic E-state index is 5.77. The van der Waals surface area contributed by atoms with E-state index in [1.165, 1.54) is 0 Å². The van der Waals surface area contributed by atoms with E-state index in [-0.39, 0.29) is 0 Å². The molecular formula is C9H13ClN2S. The van der Waals surface area contributed by atoms with Crippen LogP contribution in [-0.2, 0) is 0 Å². The first-order chi connectivity index (χ1) is 6.24. The number of nitrogen functional groups attached to an aromatic ring is 1. The Morgan fingerprint density at radius 3 is 2.92 bits per heavy atom. The predicted molar refractivity (Wildman–Crippen MR) is 62.7 cm³/mol. The molecule has 0 aliphatic heterocycles. The second kappa shape index (κ2) is 5.25. The molecule has 2 nitrogen and oxygen atoms in total. The molecule has 0 heterocycles. The van der Waals surface area contributed by atoms with Crippen LogP contribution in [0.4, 0.5) is 11.4 Å². The van der Waals surface area contributed by atoms with Gasteiger partial charge in [0.15, 0.2) is 0 Å². The minimum Gasteiger partial charge on any atom is -0.397 e. The summed E-state index contributed by atoms with van der Waals surface area (Å²) in [7, 11) is 0. The van der Waals surface area contributed by atoms with Crippen LogP contribution in [0.3, 0.4) is 0 Å². The predicted octanol–water partition coefficient (Wildman–Crippen LogP) is 2.70. The highest BCUT2D eigenvalue weighted by Crippen LogP contribution is 2.22. The lowest BCUT2D eigenvalue weighted by Gasteiger charge is -2.08. The van der Waals surface area contributed by atoms with Crippen molar-refractivity contribution in [3.8, 4) is 0 Å². The van der Waals surface area contributed by atoms with Gasteiger partial charge in [0.25, 0.3) is 0 Å². The van der Waals surface area contributed by atoms with Crippen molar-refractivity contribution in [2.24, 2.45) is 0 Å². The summed E-state index contributed by atoms with van der Waals surface area (Å²) in [5, 5.41) is 3.91. The lowest BCUT2D eigenvalue weighted by Crippen LogP contribution is -2.05. The summed E-state index contributed by atoms with van der Waals surface area (Å²) in [5.41, 5.74) is 7.41. The number of rotatable bonds is 4. The molecule has 0 aliphatic rings. The fourth-order valence-electron chi connectivity index (χ4n) is 0.982. The summed E-state index contributed by atoms with van der Waals surface area (Å²) in [5.74, 6) is 1.07. The van der Waals surface area contributed by atoms with Gasteiger partial charge in [-0.05, 0) is 24.5 Å². The van der Waals surface area contributed by atoms with Gasteiger partial charge in [-0.15, -0.1) is 0 Å². The van der Waals surface area contributed by atoms with E-state index in [9.17, 15) is 0 Å². The molecule has 0 saturated carbocycles. The van der Waals surface area contributed by atoms with Gasteiger partial charge in [0.05, 0.1) is 11.4 Å². The van der Waals surface area contributed by atoms with Gasteiger partial charge in [0, 0.05) is 17.3 Å². The minimum absolute atomic E-state index is 0.674. The van der Waals surface area contributed by atoms with Crippen molar-refractivity contribution >= 4 is 34.7 Å². The number of hydrogen-bond acceptors (Lipinski definition) is 3. The number of benzene rings is 1. The van der Waals surface area contributed by atoms with Gasteiger partial charge in [-0.3, -0.25) is 0 Å². The zero-order valence-corrected chi connectivity index (χ0v) is 9.08. The van der Waals surface area contributed by atoms with Crippen molar-refractivity contribution < 1.29 is 0 Å². The Hall–Kier alpha value is -0.540. The summed E-state index contributed by atoms with van der Waals surface area (Å²) < 4.78 is 0. The molecule has 0 spiro atoms. The van der Waals surface area contributed by atoms with Crippen molar-refractivity contribution in [3.05, 3.63) is 23.2 Å². The third-order valence-corrected chi connectivity index (χ3v) is 2.48. The summed E-state index contributed by atoms with van der Waals surface area (Å²) in [4.78, 5) is 0. The molecule has 0 aromatic heterocycles. The number of hydrogen-bond donors (Lipinski definition) is 2. The maximum Gasteiger partial charge on any atom is 0.0575 e. The molecule has 0 aliphatic carbocycles. The van der Waals surface area contributed by atoms with Gasteiger partial charge in [0.2, 0.25) is 0 Å². The van der Waals surface area contributed by atoms with Crippen molar-refractivity contribution in [2.45, 2.75) is 0 Å². The van der Waals surface area contributed by atoms with Crippen LogP contribution in [-0.4, -0.2) is 18.6 Å². The number of thioether (sulfide) groups is 1. The summed E-state index contributed by atoms with van der Waals surface area (Å²) in [6, 6.07) is 5.49. The van der Waals surface area contributed by atoms with E-state index in [4.69, 9.17) is 17.3 Å². The van der Waals surface area contributed by atoms with E-state index in [0.717, 1.165) is 18.0 Å². The van der Waals surface area contributed by atoms with Crippen LogP contribution < -0.4 is 11.1 Å². The quantitative estimate of drug-likeness (QED) is 0.601. The standard InChI is InChI=1S/C9H13ClN2S/c1-13-5-4-12-9-3-2-7(10)6-8(9)11/h2-3,6,12H,4-5,11H2,1H3. The van der Waals surface area contributed by atoms with Gasteiger partial charge >= 0.3 is 0 Å². The Morgan fingerprint density at radius 2 is 2.31 bits per heavy atom. The van der Waals surface area contributed by atoms with Crippen molar-refractivity contribution in [1.29, 1.82) is 0 Å². The number of halogens is 1. The molecule has 0 bridgehead atoms. The van der Waals surface area contributed by atoms with Crippen LogP contribution in [0.1, 0.15) is 0 Å². The van der Waals surface area contributed by atoms with E-state index in [2.05, 4.69) is 11.6 Å². The Kier molecular flexibility index (Phi) is 4.25. The molecule has 4 heteroatoms. The lowest BCUT2D eigenvalue weighted by molar-refractivity contribution is 1.23. The Bertz CT molecular complexity index is 278. The van der Waals surface area contributed by atoms with Crippen molar-refractivity contribution in [2.75, 3.05) is 29.6 Å². The molecule has 0 fully saturated rings. The second-order valence-corrected chi connectivity index (χ2v) is 4.07. The van der Waals surface area contributed by atoms with Crippen LogP contribution >= 0.6 is 23.4 Å². The molecular weight excluding hydrogens is 204 g/mol. The second-order valence-electron chi connectivity index (χ2n) is 2.65. The maximum absolute atomic E-state index is 5.77. The van der Waals surface area contributed by atoms with Crippen LogP contribution in [0.5, 0.6) is 0 Å². The SMILES string of the molecule is CSCCNc1ccc(Cl)cc1N. The van der Waals surface area contributed by atoms with E-state index in [0.29, 0.717) is 10.7 Å². The van der Waals surface area contributed by atoms with E-state index < -0.39 is 0 Å². The number of anilines is 2. The average Bonchev–Trinajstić information content (AvgIpc) is 2.09. The Morgan fingerprint density at radius 1 is 1.54 bits per heavy atom. The third-order valence-electron chi connectivity index (χ3n) is 1.64. The molecule has 0 radical (unpaired) electrons. The highest BCUT2D eigenvalue weighted by Gasteiger charge is 1.97. The van der Waals surface area contributed by atoms with Gasteiger partial charge in [0.1, 0.15) is 0 Å². The third kappa shape index (κ3) is 3.36. The fourth-order valence-corrected chi connectivity index (χ4v) is 1.47. The van der Waals surface area contributed by atoms with Crippen LogP contribution in [0, 0.1) is 0 Å².